The van der Waals surface area contributed by atoms with Crippen molar-refractivity contribution in [3.8, 4) is 0 Å². The van der Waals surface area contributed by atoms with Crippen LogP contribution in [0.2, 0.25) is 0 Å². The molecule has 0 heterocycles. The normalized spacial score (nSPS) is 14.0. The summed E-state index contributed by atoms with van der Waals surface area (Å²) in [4.78, 5) is 2.51. The van der Waals surface area contributed by atoms with Crippen LogP contribution < -0.4 is 10.2 Å². The Morgan fingerprint density at radius 3 is 2.48 bits per heavy atom. The summed E-state index contributed by atoms with van der Waals surface area (Å²) in [6.45, 7) is 14.6. The Balaban J connectivity index is 3.03. The molecule has 0 spiro atoms. The van der Waals surface area contributed by atoms with Crippen molar-refractivity contribution in [3.63, 3.8) is 0 Å². The van der Waals surface area contributed by atoms with Gasteiger partial charge in [0, 0.05) is 29.3 Å². The first-order valence-electron chi connectivity index (χ1n) is 8.31. The van der Waals surface area contributed by atoms with Gasteiger partial charge in [0.05, 0.1) is 0 Å². The van der Waals surface area contributed by atoms with Gasteiger partial charge in [-0.1, -0.05) is 43.1 Å². The quantitative estimate of drug-likeness (QED) is 0.640. The molecule has 0 aliphatic heterocycles. The minimum absolute atomic E-state index is 0.378. The van der Waals surface area contributed by atoms with E-state index in [-0.39, 0.29) is 0 Å². The summed E-state index contributed by atoms with van der Waals surface area (Å²) in [5.74, 6) is 0.723. The highest BCUT2D eigenvalue weighted by Crippen LogP contribution is 2.30. The van der Waals surface area contributed by atoms with Crippen molar-refractivity contribution in [2.75, 3.05) is 24.5 Å². The highest BCUT2D eigenvalue weighted by Gasteiger charge is 2.16. The maximum absolute atomic E-state index is 3.62. The highest BCUT2D eigenvalue weighted by molar-refractivity contribution is 9.10. The molecule has 0 radical (unpaired) electrons. The van der Waals surface area contributed by atoms with E-state index in [2.05, 4.69) is 79.0 Å². The predicted octanol–water partition coefficient (Wildman–Crippen LogP) is 5.38. The average molecular weight is 355 g/mol. The first-order valence-corrected chi connectivity index (χ1v) is 9.10. The topological polar surface area (TPSA) is 15.3 Å². The van der Waals surface area contributed by atoms with Gasteiger partial charge in [-0.15, -0.1) is 0 Å². The zero-order valence-corrected chi connectivity index (χ0v) is 15.8. The molecular formula is C18H31BrN2. The molecule has 2 unspecified atom stereocenters. The molecule has 1 aromatic rings. The average Bonchev–Trinajstić information content (AvgIpc) is 2.50. The van der Waals surface area contributed by atoms with E-state index in [9.17, 15) is 0 Å². The molecule has 0 amide bonds. The SMILES string of the molecule is CCCNC(C)c1cc(Br)ccc1N(CC)CC(C)CC. The molecule has 2 atom stereocenters. The van der Waals surface area contributed by atoms with Gasteiger partial charge in [0.25, 0.3) is 0 Å². The molecule has 0 aliphatic carbocycles. The first kappa shape index (κ1) is 18.5. The van der Waals surface area contributed by atoms with Crippen LogP contribution >= 0.6 is 15.9 Å². The fourth-order valence-electron chi connectivity index (χ4n) is 2.53. The standard InChI is InChI=1S/C18H31BrN2/c1-6-11-20-15(5)17-12-16(19)9-10-18(17)21(8-3)13-14(4)7-2/h9-10,12,14-15,20H,6-8,11,13H2,1-5H3. The van der Waals surface area contributed by atoms with Gasteiger partial charge in [-0.3, -0.25) is 0 Å². The highest BCUT2D eigenvalue weighted by atomic mass is 79.9. The van der Waals surface area contributed by atoms with Crippen LogP contribution in [0.3, 0.4) is 0 Å². The van der Waals surface area contributed by atoms with E-state index in [1.54, 1.807) is 0 Å². The number of benzene rings is 1. The molecule has 3 heteroatoms. The van der Waals surface area contributed by atoms with Gasteiger partial charge in [0.15, 0.2) is 0 Å². The van der Waals surface area contributed by atoms with Crippen molar-refractivity contribution in [2.24, 2.45) is 5.92 Å². The van der Waals surface area contributed by atoms with E-state index in [4.69, 9.17) is 0 Å². The molecule has 1 aromatic carbocycles. The van der Waals surface area contributed by atoms with Crippen molar-refractivity contribution in [2.45, 2.75) is 53.5 Å². The number of halogens is 1. The van der Waals surface area contributed by atoms with E-state index in [1.807, 2.05) is 0 Å². The molecule has 0 fully saturated rings. The molecule has 0 saturated heterocycles. The smallest absolute Gasteiger partial charge is 0.0415 e. The van der Waals surface area contributed by atoms with Crippen LogP contribution in [0.15, 0.2) is 22.7 Å². The minimum atomic E-state index is 0.378. The Morgan fingerprint density at radius 1 is 1.19 bits per heavy atom. The summed E-state index contributed by atoms with van der Waals surface area (Å²) in [5.41, 5.74) is 2.76. The van der Waals surface area contributed by atoms with Crippen LogP contribution in [-0.4, -0.2) is 19.6 Å². The van der Waals surface area contributed by atoms with Gasteiger partial charge < -0.3 is 10.2 Å². The zero-order chi connectivity index (χ0) is 15.8. The zero-order valence-electron chi connectivity index (χ0n) is 14.2. The van der Waals surface area contributed by atoms with Gasteiger partial charge in [-0.05, 0) is 56.5 Å². The number of hydrogen-bond acceptors (Lipinski definition) is 2. The molecule has 120 valence electrons. The monoisotopic (exact) mass is 354 g/mol. The molecule has 0 saturated carbocycles. The van der Waals surface area contributed by atoms with Gasteiger partial charge in [-0.2, -0.15) is 0 Å². The lowest BCUT2D eigenvalue weighted by Crippen LogP contribution is -2.30. The van der Waals surface area contributed by atoms with Crippen LogP contribution in [-0.2, 0) is 0 Å². The Kier molecular flexibility index (Phi) is 8.35. The number of rotatable bonds is 9. The number of nitrogens with one attached hydrogen (secondary N) is 1. The molecule has 2 nitrogen and oxygen atoms in total. The lowest BCUT2D eigenvalue weighted by Gasteiger charge is -2.30. The summed E-state index contributed by atoms with van der Waals surface area (Å²) in [6.07, 6.45) is 2.39. The minimum Gasteiger partial charge on any atom is -0.371 e. The second kappa shape index (κ2) is 9.47. The maximum atomic E-state index is 3.62. The van der Waals surface area contributed by atoms with Crippen molar-refractivity contribution in [1.82, 2.24) is 5.32 Å². The van der Waals surface area contributed by atoms with Gasteiger partial charge >= 0.3 is 0 Å². The van der Waals surface area contributed by atoms with E-state index in [0.717, 1.165) is 36.4 Å². The molecular weight excluding hydrogens is 324 g/mol. The summed E-state index contributed by atoms with van der Waals surface area (Å²) in [6, 6.07) is 7.06. The number of hydrogen-bond donors (Lipinski definition) is 1. The van der Waals surface area contributed by atoms with Crippen LogP contribution in [0.5, 0.6) is 0 Å². The van der Waals surface area contributed by atoms with Crippen LogP contribution in [0.4, 0.5) is 5.69 Å². The lowest BCUT2D eigenvalue weighted by atomic mass is 10.0. The first-order chi connectivity index (χ1) is 10.0. The molecule has 0 aliphatic rings. The third-order valence-electron chi connectivity index (χ3n) is 4.11. The lowest BCUT2D eigenvalue weighted by molar-refractivity contribution is 0.539. The molecule has 21 heavy (non-hydrogen) atoms. The second-order valence-electron chi connectivity index (χ2n) is 5.93. The summed E-state index contributed by atoms with van der Waals surface area (Å²) in [5, 5.41) is 3.61. The van der Waals surface area contributed by atoms with E-state index < -0.39 is 0 Å². The van der Waals surface area contributed by atoms with Gasteiger partial charge in [0.1, 0.15) is 0 Å². The van der Waals surface area contributed by atoms with Crippen LogP contribution in [0.25, 0.3) is 0 Å². The van der Waals surface area contributed by atoms with Gasteiger partial charge in [-0.25, -0.2) is 0 Å². The fraction of sp³-hybridized carbons (Fsp3) is 0.667. The van der Waals surface area contributed by atoms with Crippen LogP contribution in [0.1, 0.15) is 59.1 Å². The second-order valence-corrected chi connectivity index (χ2v) is 6.85. The van der Waals surface area contributed by atoms with Crippen molar-refractivity contribution < 1.29 is 0 Å². The summed E-state index contributed by atoms with van der Waals surface area (Å²) >= 11 is 3.62. The van der Waals surface area contributed by atoms with Crippen molar-refractivity contribution >= 4 is 21.6 Å². The Hall–Kier alpha value is -0.540. The van der Waals surface area contributed by atoms with E-state index >= 15 is 0 Å². The van der Waals surface area contributed by atoms with Crippen molar-refractivity contribution in [3.05, 3.63) is 28.2 Å². The largest absolute Gasteiger partial charge is 0.371 e. The fourth-order valence-corrected chi connectivity index (χ4v) is 2.91. The van der Waals surface area contributed by atoms with E-state index in [1.165, 1.54) is 17.7 Å². The van der Waals surface area contributed by atoms with Gasteiger partial charge in [0.2, 0.25) is 0 Å². The summed E-state index contributed by atoms with van der Waals surface area (Å²) < 4.78 is 1.16. The number of anilines is 1. The third-order valence-corrected chi connectivity index (χ3v) is 4.60. The predicted molar refractivity (Wildman–Crippen MR) is 98.2 cm³/mol. The molecule has 1 rings (SSSR count). The Labute approximate surface area is 139 Å². The Morgan fingerprint density at radius 2 is 1.90 bits per heavy atom. The summed E-state index contributed by atoms with van der Waals surface area (Å²) in [7, 11) is 0. The molecule has 1 N–H and O–H groups in total. The molecule has 0 bridgehead atoms. The maximum Gasteiger partial charge on any atom is 0.0415 e. The van der Waals surface area contributed by atoms with E-state index in [0.29, 0.717) is 6.04 Å². The molecule has 0 aromatic heterocycles. The third kappa shape index (κ3) is 5.63. The number of nitrogens with zero attached hydrogens (tertiary/aromatic N) is 1. The Bertz CT molecular complexity index is 420. The van der Waals surface area contributed by atoms with Crippen LogP contribution in [0, 0.1) is 5.92 Å². The van der Waals surface area contributed by atoms with Crippen molar-refractivity contribution in [1.29, 1.82) is 0 Å².